The number of ether oxygens (including phenoxy) is 3. The minimum Gasteiger partial charge on any atom is -0.462 e. The normalized spacial score (nSPS) is 13.0. The number of unbranched alkanes of at least 4 members (excludes halogenated alkanes) is 11. The number of rotatable bonds is 48. The minimum atomic E-state index is -0.824. The van der Waals surface area contributed by atoms with Gasteiger partial charge in [0.25, 0.3) is 0 Å². The van der Waals surface area contributed by atoms with Crippen LogP contribution in [0, 0.1) is 0 Å². The maximum atomic E-state index is 12.8. The first kappa shape index (κ1) is 66.0. The molecule has 6 heteroatoms. The van der Waals surface area contributed by atoms with Gasteiger partial charge in [-0.3, -0.25) is 14.4 Å². The highest BCUT2D eigenvalue weighted by Gasteiger charge is 2.19. The van der Waals surface area contributed by atoms with Crippen molar-refractivity contribution in [1.29, 1.82) is 0 Å². The molecule has 0 aromatic rings. The molecule has 0 N–H and O–H groups in total. The zero-order chi connectivity index (χ0) is 51.4. The Morgan fingerprint density at radius 2 is 0.507 bits per heavy atom. The Labute approximate surface area is 435 Å². The summed E-state index contributed by atoms with van der Waals surface area (Å²) in [7, 11) is 0. The van der Waals surface area contributed by atoms with Crippen molar-refractivity contribution in [3.63, 3.8) is 0 Å². The second-order valence-electron chi connectivity index (χ2n) is 17.7. The van der Waals surface area contributed by atoms with Gasteiger partial charge < -0.3 is 14.2 Å². The molecule has 0 amide bonds. The Morgan fingerprint density at radius 3 is 0.803 bits per heavy atom. The molecule has 0 aliphatic carbocycles. The lowest BCUT2D eigenvalue weighted by Gasteiger charge is -2.18. The van der Waals surface area contributed by atoms with Gasteiger partial charge in [0.15, 0.2) is 6.10 Å². The molecule has 0 unspecified atom stereocenters. The lowest BCUT2D eigenvalue weighted by Crippen LogP contribution is -2.30. The Morgan fingerprint density at radius 1 is 0.282 bits per heavy atom. The zero-order valence-electron chi connectivity index (χ0n) is 45.2. The van der Waals surface area contributed by atoms with Crippen molar-refractivity contribution >= 4 is 17.9 Å². The maximum absolute atomic E-state index is 12.8. The van der Waals surface area contributed by atoms with Crippen LogP contribution in [0.2, 0.25) is 0 Å². The number of esters is 3. The zero-order valence-corrected chi connectivity index (χ0v) is 45.2. The second-order valence-corrected chi connectivity index (χ2v) is 17.7. The first-order chi connectivity index (χ1) is 35.0. The third kappa shape index (κ3) is 55.8. The van der Waals surface area contributed by atoms with Gasteiger partial charge in [0.05, 0.1) is 0 Å². The molecule has 6 nitrogen and oxygen atoms in total. The van der Waals surface area contributed by atoms with E-state index in [4.69, 9.17) is 14.2 Å². The summed E-state index contributed by atoms with van der Waals surface area (Å²) in [5.74, 6) is -1.01. The highest BCUT2D eigenvalue weighted by Crippen LogP contribution is 2.12. The Balaban J connectivity index is 4.57. The fourth-order valence-corrected chi connectivity index (χ4v) is 6.92. The molecule has 0 aromatic carbocycles. The molecule has 396 valence electrons. The van der Waals surface area contributed by atoms with Crippen LogP contribution in [-0.4, -0.2) is 37.2 Å². The number of carbonyl (C=O) groups is 3. The van der Waals surface area contributed by atoms with Gasteiger partial charge in [0, 0.05) is 19.3 Å². The van der Waals surface area contributed by atoms with E-state index in [1.165, 1.54) is 0 Å². The summed E-state index contributed by atoms with van der Waals surface area (Å²) in [4.78, 5) is 38.2. The van der Waals surface area contributed by atoms with Gasteiger partial charge in [-0.25, -0.2) is 0 Å². The summed E-state index contributed by atoms with van der Waals surface area (Å²) in [6.07, 6.45) is 83.7. The van der Waals surface area contributed by atoms with E-state index < -0.39 is 6.10 Å². The monoisotopic (exact) mass is 977 g/mol. The van der Waals surface area contributed by atoms with Crippen LogP contribution in [-0.2, 0) is 28.6 Å². The average Bonchev–Trinajstić information content (AvgIpc) is 3.37. The summed E-state index contributed by atoms with van der Waals surface area (Å²) in [6, 6.07) is 0. The van der Waals surface area contributed by atoms with Gasteiger partial charge in [-0.1, -0.05) is 211 Å². The summed E-state index contributed by atoms with van der Waals surface area (Å²) >= 11 is 0. The van der Waals surface area contributed by atoms with Crippen LogP contribution in [0.3, 0.4) is 0 Å². The largest absolute Gasteiger partial charge is 0.462 e. The Bertz CT molecular complexity index is 1550. The molecule has 0 radical (unpaired) electrons. The van der Waals surface area contributed by atoms with Crippen molar-refractivity contribution in [1.82, 2.24) is 0 Å². The molecule has 0 atom stereocenters. The molecule has 0 aromatic heterocycles. The second kappa shape index (κ2) is 57.6. The van der Waals surface area contributed by atoms with Crippen LogP contribution in [0.5, 0.6) is 0 Å². The molecule has 0 spiro atoms. The predicted octanol–water partition coefficient (Wildman–Crippen LogP) is 19.0. The molecule has 0 saturated heterocycles. The number of hydrogen-bond acceptors (Lipinski definition) is 6. The van der Waals surface area contributed by atoms with Crippen molar-refractivity contribution < 1.29 is 28.6 Å². The van der Waals surface area contributed by atoms with Crippen molar-refractivity contribution in [2.24, 2.45) is 0 Å². The highest BCUT2D eigenvalue weighted by molar-refractivity contribution is 5.71. The Hall–Kier alpha value is -4.97. The smallest absolute Gasteiger partial charge is 0.306 e. The summed E-state index contributed by atoms with van der Waals surface area (Å²) in [6.45, 7) is 6.21. The quantitative estimate of drug-likeness (QED) is 0.0262. The van der Waals surface area contributed by atoms with Crippen LogP contribution in [0.15, 0.2) is 158 Å². The van der Waals surface area contributed by atoms with Gasteiger partial charge in [-0.05, 0) is 141 Å². The molecule has 0 heterocycles. The lowest BCUT2D eigenvalue weighted by molar-refractivity contribution is -0.167. The standard InChI is InChI=1S/C65H100O6/c1-4-7-10-13-16-19-22-25-28-30-32-34-37-39-42-45-48-51-54-57-63(66)69-60-62(71-65(68)59-56-53-50-47-44-41-36-27-24-21-18-15-12-9-6-3)61-70-64(67)58-55-52-49-46-43-40-38-35-33-31-29-26-23-20-17-14-11-8-5-2/h7-12,16-21,25-29,32-36,39-40,42-43,62H,4-6,13-15,22-24,30-31,37-38,41,44-61H2,1-3H3/b10-7-,11-8-,12-9-,19-16-,20-17-,21-18-,28-25-,29-26-,34-32-,35-33-,36-27-,42-39-,43-40-. The molecule has 0 aliphatic rings. The molecule has 71 heavy (non-hydrogen) atoms. The first-order valence-electron chi connectivity index (χ1n) is 28.0. The summed E-state index contributed by atoms with van der Waals surface area (Å²) < 4.78 is 16.8. The first-order valence-corrected chi connectivity index (χ1v) is 28.0. The van der Waals surface area contributed by atoms with Gasteiger partial charge in [0.2, 0.25) is 0 Å². The van der Waals surface area contributed by atoms with Crippen LogP contribution in [0.1, 0.15) is 213 Å². The molecule has 0 aliphatic heterocycles. The van der Waals surface area contributed by atoms with Crippen LogP contribution < -0.4 is 0 Å². The fourth-order valence-electron chi connectivity index (χ4n) is 6.92. The third-order valence-electron chi connectivity index (χ3n) is 11.0. The van der Waals surface area contributed by atoms with Gasteiger partial charge >= 0.3 is 17.9 Å². The van der Waals surface area contributed by atoms with E-state index in [0.717, 1.165) is 173 Å². The van der Waals surface area contributed by atoms with Crippen molar-refractivity contribution in [3.8, 4) is 0 Å². The van der Waals surface area contributed by atoms with E-state index in [2.05, 4.69) is 179 Å². The van der Waals surface area contributed by atoms with E-state index in [9.17, 15) is 14.4 Å². The lowest BCUT2D eigenvalue weighted by atomic mass is 10.1. The van der Waals surface area contributed by atoms with E-state index in [-0.39, 0.29) is 37.5 Å². The molecule has 0 fully saturated rings. The molecule has 0 bridgehead atoms. The molecule has 0 rings (SSSR count). The van der Waals surface area contributed by atoms with E-state index in [1.807, 2.05) is 0 Å². The van der Waals surface area contributed by atoms with Crippen molar-refractivity contribution in [2.45, 2.75) is 219 Å². The third-order valence-corrected chi connectivity index (χ3v) is 11.0. The summed E-state index contributed by atoms with van der Waals surface area (Å²) in [5, 5.41) is 0. The predicted molar refractivity (Wildman–Crippen MR) is 306 cm³/mol. The van der Waals surface area contributed by atoms with Crippen molar-refractivity contribution in [2.75, 3.05) is 13.2 Å². The number of allylic oxidation sites excluding steroid dienone is 26. The number of hydrogen-bond donors (Lipinski definition) is 0. The topological polar surface area (TPSA) is 78.9 Å². The van der Waals surface area contributed by atoms with Crippen LogP contribution in [0.25, 0.3) is 0 Å². The maximum Gasteiger partial charge on any atom is 0.306 e. The average molecular weight is 978 g/mol. The van der Waals surface area contributed by atoms with Gasteiger partial charge in [-0.15, -0.1) is 0 Å². The molecule has 0 saturated carbocycles. The molecular formula is C65H100O6. The Kier molecular flexibility index (Phi) is 53.6. The molecular weight excluding hydrogens is 877 g/mol. The highest BCUT2D eigenvalue weighted by atomic mass is 16.6. The van der Waals surface area contributed by atoms with Crippen LogP contribution in [0.4, 0.5) is 0 Å². The SMILES string of the molecule is CC/C=C\C/C=C\C/C=C\C/C=C\C/C=C\CCCCCC(=O)OCC(COC(=O)CCCCC/C=C\C/C=C\C/C=C\C/C=C\C/C=C\CC)OC(=O)CCCCCCC/C=C\C/C=C\C/C=C\CC. The number of carbonyl (C=O) groups excluding carboxylic acids is 3. The van der Waals surface area contributed by atoms with E-state index in [0.29, 0.717) is 12.8 Å². The van der Waals surface area contributed by atoms with E-state index in [1.54, 1.807) is 0 Å². The minimum absolute atomic E-state index is 0.121. The summed E-state index contributed by atoms with van der Waals surface area (Å²) in [5.41, 5.74) is 0. The van der Waals surface area contributed by atoms with Gasteiger partial charge in [0.1, 0.15) is 13.2 Å². The van der Waals surface area contributed by atoms with E-state index >= 15 is 0 Å². The van der Waals surface area contributed by atoms with Gasteiger partial charge in [-0.2, -0.15) is 0 Å². The van der Waals surface area contributed by atoms with Crippen molar-refractivity contribution in [3.05, 3.63) is 158 Å². The fraction of sp³-hybridized carbons (Fsp3) is 0.554. The van der Waals surface area contributed by atoms with Crippen LogP contribution >= 0.6 is 0 Å².